The van der Waals surface area contributed by atoms with Crippen molar-refractivity contribution in [2.75, 3.05) is 6.54 Å². The number of aromatic nitrogens is 3. The van der Waals surface area contributed by atoms with Crippen LogP contribution in [0, 0.1) is 0 Å². The van der Waals surface area contributed by atoms with Crippen LogP contribution in [0.5, 0.6) is 0 Å². The van der Waals surface area contributed by atoms with Gasteiger partial charge >= 0.3 is 0 Å². The molecular formula is C15H19BrN4. The molecule has 0 amide bonds. The Labute approximate surface area is 127 Å². The minimum absolute atomic E-state index is 0.668. The lowest BCUT2D eigenvalue weighted by atomic mass is 9.76. The van der Waals surface area contributed by atoms with Gasteiger partial charge in [0.15, 0.2) is 0 Å². The van der Waals surface area contributed by atoms with E-state index in [1.54, 1.807) is 6.33 Å². The zero-order valence-electron chi connectivity index (χ0n) is 11.3. The lowest BCUT2D eigenvalue weighted by Crippen LogP contribution is -2.40. The summed E-state index contributed by atoms with van der Waals surface area (Å²) in [6.07, 6.45) is 6.12. The SMILES string of the molecule is Brc1ccccc1C1CC(NCCCc2ncn[nH]2)C1. The first-order valence-corrected chi connectivity index (χ1v) is 7.94. The minimum atomic E-state index is 0.668. The van der Waals surface area contributed by atoms with E-state index < -0.39 is 0 Å². The van der Waals surface area contributed by atoms with Crippen molar-refractivity contribution in [1.82, 2.24) is 20.5 Å². The molecule has 0 saturated heterocycles. The van der Waals surface area contributed by atoms with Crippen LogP contribution in [0.15, 0.2) is 35.1 Å². The van der Waals surface area contributed by atoms with E-state index in [2.05, 4.69) is 60.7 Å². The van der Waals surface area contributed by atoms with Crippen LogP contribution < -0.4 is 5.32 Å². The molecule has 106 valence electrons. The average Bonchev–Trinajstić information content (AvgIpc) is 2.91. The van der Waals surface area contributed by atoms with Gasteiger partial charge in [-0.2, -0.15) is 5.10 Å². The summed E-state index contributed by atoms with van der Waals surface area (Å²) < 4.78 is 1.24. The molecule has 3 rings (SSSR count). The van der Waals surface area contributed by atoms with E-state index >= 15 is 0 Å². The Balaban J connectivity index is 1.35. The van der Waals surface area contributed by atoms with Gasteiger partial charge in [-0.1, -0.05) is 34.1 Å². The molecule has 20 heavy (non-hydrogen) atoms. The minimum Gasteiger partial charge on any atom is -0.314 e. The molecule has 0 unspecified atom stereocenters. The summed E-state index contributed by atoms with van der Waals surface area (Å²) in [6, 6.07) is 9.23. The zero-order valence-corrected chi connectivity index (χ0v) is 12.9. The maximum Gasteiger partial charge on any atom is 0.137 e. The van der Waals surface area contributed by atoms with Gasteiger partial charge in [0.1, 0.15) is 12.2 Å². The van der Waals surface area contributed by atoms with E-state index in [4.69, 9.17) is 0 Å². The van der Waals surface area contributed by atoms with Crippen LogP contribution in [-0.2, 0) is 6.42 Å². The first-order valence-electron chi connectivity index (χ1n) is 7.15. The normalized spacial score (nSPS) is 21.6. The van der Waals surface area contributed by atoms with Crippen molar-refractivity contribution in [2.45, 2.75) is 37.6 Å². The maximum atomic E-state index is 4.13. The van der Waals surface area contributed by atoms with Crippen molar-refractivity contribution in [3.05, 3.63) is 46.5 Å². The first-order chi connectivity index (χ1) is 9.83. The van der Waals surface area contributed by atoms with Crippen molar-refractivity contribution in [3.8, 4) is 0 Å². The highest BCUT2D eigenvalue weighted by Gasteiger charge is 2.30. The summed E-state index contributed by atoms with van der Waals surface area (Å²) in [5.74, 6) is 1.68. The van der Waals surface area contributed by atoms with E-state index in [9.17, 15) is 0 Å². The molecule has 1 saturated carbocycles. The Bertz CT molecular complexity index is 535. The number of nitrogens with zero attached hydrogens (tertiary/aromatic N) is 2. The number of aromatic amines is 1. The second-order valence-electron chi connectivity index (χ2n) is 5.38. The molecule has 2 N–H and O–H groups in total. The molecule has 1 aliphatic rings. The number of rotatable bonds is 6. The fourth-order valence-electron chi connectivity index (χ4n) is 2.76. The van der Waals surface area contributed by atoms with Crippen LogP contribution in [0.3, 0.4) is 0 Å². The third-order valence-corrected chi connectivity index (χ3v) is 4.69. The van der Waals surface area contributed by atoms with Gasteiger partial charge in [-0.15, -0.1) is 0 Å². The average molecular weight is 335 g/mol. The smallest absolute Gasteiger partial charge is 0.137 e. The van der Waals surface area contributed by atoms with Gasteiger partial charge in [0.05, 0.1) is 0 Å². The molecule has 0 atom stereocenters. The number of H-pyrrole nitrogens is 1. The lowest BCUT2D eigenvalue weighted by Gasteiger charge is -2.37. The van der Waals surface area contributed by atoms with Crippen molar-refractivity contribution in [1.29, 1.82) is 0 Å². The summed E-state index contributed by atoms with van der Waals surface area (Å²) in [4.78, 5) is 4.13. The van der Waals surface area contributed by atoms with Crippen molar-refractivity contribution in [3.63, 3.8) is 0 Å². The van der Waals surface area contributed by atoms with Crippen LogP contribution in [0.4, 0.5) is 0 Å². The lowest BCUT2D eigenvalue weighted by molar-refractivity contribution is 0.290. The molecule has 1 fully saturated rings. The highest BCUT2D eigenvalue weighted by molar-refractivity contribution is 9.10. The number of hydrogen-bond acceptors (Lipinski definition) is 3. The van der Waals surface area contributed by atoms with E-state index in [-0.39, 0.29) is 0 Å². The quantitative estimate of drug-likeness (QED) is 0.798. The third-order valence-electron chi connectivity index (χ3n) is 3.97. The predicted octanol–water partition coefficient (Wildman–Crippen LogP) is 3.04. The maximum absolute atomic E-state index is 4.13. The van der Waals surface area contributed by atoms with Crippen LogP contribution in [0.2, 0.25) is 0 Å². The second-order valence-corrected chi connectivity index (χ2v) is 6.23. The van der Waals surface area contributed by atoms with Crippen molar-refractivity contribution >= 4 is 15.9 Å². The van der Waals surface area contributed by atoms with Crippen molar-refractivity contribution < 1.29 is 0 Å². The number of halogens is 1. The van der Waals surface area contributed by atoms with E-state index in [1.807, 2.05) is 0 Å². The molecule has 5 heteroatoms. The first kappa shape index (κ1) is 13.8. The number of hydrogen-bond donors (Lipinski definition) is 2. The van der Waals surface area contributed by atoms with Gasteiger partial charge in [-0.3, -0.25) is 5.10 Å². The molecule has 1 heterocycles. The summed E-state index contributed by atoms with van der Waals surface area (Å²) in [5.41, 5.74) is 1.45. The summed E-state index contributed by atoms with van der Waals surface area (Å²) in [6.45, 7) is 1.05. The Morgan fingerprint density at radius 3 is 2.90 bits per heavy atom. The fraction of sp³-hybridized carbons (Fsp3) is 0.467. The van der Waals surface area contributed by atoms with Gasteiger partial charge in [0, 0.05) is 16.9 Å². The van der Waals surface area contributed by atoms with Gasteiger partial charge in [-0.05, 0) is 43.4 Å². The monoisotopic (exact) mass is 334 g/mol. The molecule has 1 aromatic heterocycles. The van der Waals surface area contributed by atoms with Gasteiger partial charge in [0.25, 0.3) is 0 Å². The van der Waals surface area contributed by atoms with E-state index in [1.165, 1.54) is 22.9 Å². The molecule has 4 nitrogen and oxygen atoms in total. The van der Waals surface area contributed by atoms with Gasteiger partial charge in [0.2, 0.25) is 0 Å². The number of nitrogens with one attached hydrogen (secondary N) is 2. The van der Waals surface area contributed by atoms with Gasteiger partial charge < -0.3 is 5.32 Å². The van der Waals surface area contributed by atoms with Gasteiger partial charge in [-0.25, -0.2) is 4.98 Å². The molecule has 2 aromatic rings. The van der Waals surface area contributed by atoms with Crippen LogP contribution in [-0.4, -0.2) is 27.8 Å². The Kier molecular flexibility index (Phi) is 4.47. The van der Waals surface area contributed by atoms with E-state index in [0.29, 0.717) is 12.0 Å². The zero-order chi connectivity index (χ0) is 13.8. The molecular weight excluding hydrogens is 316 g/mol. The topological polar surface area (TPSA) is 53.6 Å². The molecule has 0 radical (unpaired) electrons. The predicted molar refractivity (Wildman–Crippen MR) is 82.6 cm³/mol. The summed E-state index contributed by atoms with van der Waals surface area (Å²) in [5, 5.41) is 10.4. The molecule has 0 spiro atoms. The number of aryl methyl sites for hydroxylation is 1. The summed E-state index contributed by atoms with van der Waals surface area (Å²) >= 11 is 3.64. The highest BCUT2D eigenvalue weighted by atomic mass is 79.9. The fourth-order valence-corrected chi connectivity index (χ4v) is 3.37. The molecule has 1 aromatic carbocycles. The summed E-state index contributed by atoms with van der Waals surface area (Å²) in [7, 11) is 0. The second kappa shape index (κ2) is 6.50. The Morgan fingerprint density at radius 2 is 2.15 bits per heavy atom. The van der Waals surface area contributed by atoms with E-state index in [0.717, 1.165) is 25.2 Å². The van der Waals surface area contributed by atoms with Crippen LogP contribution in [0.1, 0.15) is 36.6 Å². The Morgan fingerprint density at radius 1 is 1.30 bits per heavy atom. The Hall–Kier alpha value is -1.20. The molecule has 0 aliphatic heterocycles. The van der Waals surface area contributed by atoms with Crippen LogP contribution in [0.25, 0.3) is 0 Å². The van der Waals surface area contributed by atoms with Crippen LogP contribution >= 0.6 is 15.9 Å². The standard InChI is InChI=1S/C15H19BrN4/c16-14-5-2-1-4-13(14)11-8-12(9-11)17-7-3-6-15-18-10-19-20-15/h1-2,4-5,10-12,17H,3,6-9H2,(H,18,19,20). The highest BCUT2D eigenvalue weighted by Crippen LogP contribution is 2.39. The molecule has 0 bridgehead atoms. The largest absolute Gasteiger partial charge is 0.314 e. The third kappa shape index (κ3) is 3.27. The number of benzene rings is 1. The molecule has 1 aliphatic carbocycles. The van der Waals surface area contributed by atoms with Crippen molar-refractivity contribution in [2.24, 2.45) is 0 Å².